The minimum absolute atomic E-state index is 0.209. The smallest absolute Gasteiger partial charge is 0.101 e. The Bertz CT molecular complexity index is 215. The molecule has 1 unspecified atom stereocenters. The summed E-state index contributed by atoms with van der Waals surface area (Å²) in [6, 6.07) is 0. The van der Waals surface area contributed by atoms with Gasteiger partial charge in [-0.25, -0.2) is 0 Å². The molecule has 0 radical (unpaired) electrons. The molecule has 1 saturated carbocycles. The summed E-state index contributed by atoms with van der Waals surface area (Å²) in [6.45, 7) is 6.00. The molecule has 1 aliphatic carbocycles. The Morgan fingerprint density at radius 3 is 2.44 bits per heavy atom. The van der Waals surface area contributed by atoms with Gasteiger partial charge in [0.05, 0.1) is 18.8 Å². The Kier molecular flexibility index (Phi) is 7.15. The van der Waals surface area contributed by atoms with Crippen LogP contribution in [0.3, 0.4) is 0 Å². The maximum atomic E-state index is 9.73. The molecule has 0 bridgehead atoms. The molecule has 0 aromatic heterocycles. The van der Waals surface area contributed by atoms with E-state index in [0.717, 1.165) is 18.8 Å². The van der Waals surface area contributed by atoms with Crippen LogP contribution in [0.15, 0.2) is 0 Å². The van der Waals surface area contributed by atoms with Crippen LogP contribution in [0, 0.1) is 5.92 Å². The van der Waals surface area contributed by atoms with Gasteiger partial charge in [0.15, 0.2) is 0 Å². The topological polar surface area (TPSA) is 64.7 Å². The maximum absolute atomic E-state index is 9.73. The first kappa shape index (κ1) is 15.9. The van der Waals surface area contributed by atoms with Crippen molar-refractivity contribution in [1.82, 2.24) is 0 Å². The van der Waals surface area contributed by atoms with Crippen molar-refractivity contribution in [2.24, 2.45) is 11.7 Å². The zero-order valence-electron chi connectivity index (χ0n) is 11.9. The molecule has 0 heterocycles. The molecule has 1 fully saturated rings. The van der Waals surface area contributed by atoms with Gasteiger partial charge in [-0.2, -0.15) is 0 Å². The summed E-state index contributed by atoms with van der Waals surface area (Å²) in [6.07, 6.45) is 5.11. The lowest BCUT2D eigenvalue weighted by Crippen LogP contribution is -2.45. The van der Waals surface area contributed by atoms with Crippen LogP contribution in [-0.2, 0) is 9.47 Å². The quantitative estimate of drug-likeness (QED) is 0.696. The molecule has 0 amide bonds. The number of aliphatic hydroxyl groups excluding tert-OH is 1. The van der Waals surface area contributed by atoms with E-state index in [4.69, 9.17) is 15.2 Å². The Balaban J connectivity index is 2.32. The fraction of sp³-hybridized carbons (Fsp3) is 1.00. The summed E-state index contributed by atoms with van der Waals surface area (Å²) in [4.78, 5) is 0. The molecule has 1 rings (SSSR count). The van der Waals surface area contributed by atoms with Gasteiger partial charge < -0.3 is 20.3 Å². The Morgan fingerprint density at radius 2 is 1.94 bits per heavy atom. The van der Waals surface area contributed by atoms with Crippen molar-refractivity contribution in [3.8, 4) is 0 Å². The fourth-order valence-electron chi connectivity index (χ4n) is 2.59. The minimum Gasteiger partial charge on any atom is -0.388 e. The second kappa shape index (κ2) is 8.10. The second-order valence-corrected chi connectivity index (χ2v) is 5.36. The van der Waals surface area contributed by atoms with E-state index in [1.807, 2.05) is 6.92 Å². The first-order chi connectivity index (χ1) is 8.65. The number of rotatable bonds is 8. The number of hydrogen-bond acceptors (Lipinski definition) is 4. The molecule has 108 valence electrons. The van der Waals surface area contributed by atoms with Crippen molar-refractivity contribution in [3.63, 3.8) is 0 Å². The van der Waals surface area contributed by atoms with Crippen molar-refractivity contribution < 1.29 is 14.6 Å². The van der Waals surface area contributed by atoms with Crippen LogP contribution in [0.5, 0.6) is 0 Å². The van der Waals surface area contributed by atoms with E-state index in [-0.39, 0.29) is 5.60 Å². The molecule has 18 heavy (non-hydrogen) atoms. The van der Waals surface area contributed by atoms with Crippen LogP contribution in [0.4, 0.5) is 0 Å². The van der Waals surface area contributed by atoms with Crippen LogP contribution < -0.4 is 5.73 Å². The maximum Gasteiger partial charge on any atom is 0.101 e. The van der Waals surface area contributed by atoms with Gasteiger partial charge in [-0.05, 0) is 38.5 Å². The summed E-state index contributed by atoms with van der Waals surface area (Å²) < 4.78 is 11.1. The van der Waals surface area contributed by atoms with Crippen LogP contribution >= 0.6 is 0 Å². The number of nitrogens with two attached hydrogens (primary N) is 1. The second-order valence-electron chi connectivity index (χ2n) is 5.36. The molecule has 1 aliphatic rings. The highest BCUT2D eigenvalue weighted by atomic mass is 16.5. The van der Waals surface area contributed by atoms with E-state index in [0.29, 0.717) is 26.4 Å². The lowest BCUT2D eigenvalue weighted by molar-refractivity contribution is -0.110. The van der Waals surface area contributed by atoms with Gasteiger partial charge in [0, 0.05) is 13.2 Å². The Morgan fingerprint density at radius 1 is 1.28 bits per heavy atom. The largest absolute Gasteiger partial charge is 0.388 e. The first-order valence-electron chi connectivity index (χ1n) is 7.25. The van der Waals surface area contributed by atoms with Gasteiger partial charge in [-0.1, -0.05) is 13.3 Å². The van der Waals surface area contributed by atoms with Gasteiger partial charge >= 0.3 is 0 Å². The summed E-state index contributed by atoms with van der Waals surface area (Å²) in [5, 5.41) is 9.73. The Labute approximate surface area is 111 Å². The van der Waals surface area contributed by atoms with E-state index in [9.17, 15) is 5.11 Å². The van der Waals surface area contributed by atoms with E-state index >= 15 is 0 Å². The molecular weight excluding hydrogens is 230 g/mol. The third-order valence-corrected chi connectivity index (χ3v) is 4.06. The summed E-state index contributed by atoms with van der Waals surface area (Å²) in [5.41, 5.74) is 5.66. The molecular formula is C14H29NO3. The SMILES string of the molecule is CCOCC(O)COC1(CN)CCC(CC)CC1. The standard InChI is InChI=1S/C14H29NO3/c1-3-12-5-7-14(11-15,8-6-12)18-10-13(16)9-17-4-2/h12-13,16H,3-11,15H2,1-2H3. The van der Waals surface area contributed by atoms with Crippen LogP contribution in [0.2, 0.25) is 0 Å². The van der Waals surface area contributed by atoms with Crippen molar-refractivity contribution >= 4 is 0 Å². The van der Waals surface area contributed by atoms with Crippen molar-refractivity contribution in [1.29, 1.82) is 0 Å². The van der Waals surface area contributed by atoms with Crippen molar-refractivity contribution in [3.05, 3.63) is 0 Å². The number of aliphatic hydroxyl groups is 1. The van der Waals surface area contributed by atoms with E-state index in [2.05, 4.69) is 6.92 Å². The van der Waals surface area contributed by atoms with E-state index < -0.39 is 6.10 Å². The van der Waals surface area contributed by atoms with Gasteiger partial charge in [0.2, 0.25) is 0 Å². The average Bonchev–Trinajstić information content (AvgIpc) is 2.43. The third kappa shape index (κ3) is 4.84. The highest BCUT2D eigenvalue weighted by molar-refractivity contribution is 4.88. The lowest BCUT2D eigenvalue weighted by atomic mass is 9.77. The number of hydrogen-bond donors (Lipinski definition) is 2. The van der Waals surface area contributed by atoms with Crippen LogP contribution in [-0.4, -0.2) is 43.2 Å². The van der Waals surface area contributed by atoms with Crippen LogP contribution in [0.1, 0.15) is 46.0 Å². The normalized spacial score (nSPS) is 30.3. The Hall–Kier alpha value is -0.160. The molecule has 4 nitrogen and oxygen atoms in total. The highest BCUT2D eigenvalue weighted by Crippen LogP contribution is 2.35. The molecule has 0 saturated heterocycles. The molecule has 0 aromatic rings. The molecule has 4 heteroatoms. The van der Waals surface area contributed by atoms with E-state index in [1.54, 1.807) is 0 Å². The van der Waals surface area contributed by atoms with Crippen LogP contribution in [0.25, 0.3) is 0 Å². The molecule has 0 aromatic carbocycles. The van der Waals surface area contributed by atoms with Crippen molar-refractivity contribution in [2.75, 3.05) is 26.4 Å². The highest BCUT2D eigenvalue weighted by Gasteiger charge is 2.35. The van der Waals surface area contributed by atoms with Gasteiger partial charge in [-0.3, -0.25) is 0 Å². The summed E-state index contributed by atoms with van der Waals surface area (Å²) in [5.74, 6) is 0.821. The zero-order chi connectivity index (χ0) is 13.4. The van der Waals surface area contributed by atoms with Gasteiger partial charge in [0.25, 0.3) is 0 Å². The van der Waals surface area contributed by atoms with Crippen molar-refractivity contribution in [2.45, 2.75) is 57.7 Å². The lowest BCUT2D eigenvalue weighted by Gasteiger charge is -2.39. The minimum atomic E-state index is -0.544. The summed E-state index contributed by atoms with van der Waals surface area (Å²) >= 11 is 0. The zero-order valence-corrected chi connectivity index (χ0v) is 11.9. The molecule has 0 spiro atoms. The predicted octanol–water partition coefficient (Wildman–Crippen LogP) is 1.70. The molecule has 0 aliphatic heterocycles. The average molecular weight is 259 g/mol. The van der Waals surface area contributed by atoms with Gasteiger partial charge in [0.1, 0.15) is 6.10 Å². The third-order valence-electron chi connectivity index (χ3n) is 4.06. The number of ether oxygens (including phenoxy) is 2. The predicted molar refractivity (Wildman–Crippen MR) is 72.5 cm³/mol. The molecule has 3 N–H and O–H groups in total. The fourth-order valence-corrected chi connectivity index (χ4v) is 2.59. The first-order valence-corrected chi connectivity index (χ1v) is 7.25. The van der Waals surface area contributed by atoms with E-state index in [1.165, 1.54) is 19.3 Å². The van der Waals surface area contributed by atoms with Gasteiger partial charge in [-0.15, -0.1) is 0 Å². The molecule has 1 atom stereocenters. The monoisotopic (exact) mass is 259 g/mol. The summed E-state index contributed by atoms with van der Waals surface area (Å²) in [7, 11) is 0.